The summed E-state index contributed by atoms with van der Waals surface area (Å²) in [6.07, 6.45) is 10.3. The Morgan fingerprint density at radius 3 is 2.35 bits per heavy atom. The monoisotopic (exact) mass is 545 g/mol. The summed E-state index contributed by atoms with van der Waals surface area (Å²) in [6.45, 7) is 1.90. The number of halogens is 3. The molecule has 5 nitrogen and oxygen atoms in total. The minimum absolute atomic E-state index is 0.0125. The molecular formula is C29H34Cl2FN3O2. The second-order valence-electron chi connectivity index (χ2n) is 10.5. The number of hydrogen-bond acceptors (Lipinski definition) is 3. The van der Waals surface area contributed by atoms with Gasteiger partial charge in [-0.15, -0.1) is 0 Å². The maximum atomic E-state index is 14.5. The summed E-state index contributed by atoms with van der Waals surface area (Å²) in [4.78, 5) is 18.9. The van der Waals surface area contributed by atoms with Crippen LogP contribution in [0.25, 0.3) is 11.0 Å². The van der Waals surface area contributed by atoms with Gasteiger partial charge in [-0.3, -0.25) is 4.79 Å². The van der Waals surface area contributed by atoms with Crippen LogP contribution in [-0.4, -0.2) is 21.5 Å². The molecular weight excluding hydrogens is 512 g/mol. The van der Waals surface area contributed by atoms with Crippen LogP contribution in [0.1, 0.15) is 89.1 Å². The van der Waals surface area contributed by atoms with Crippen molar-refractivity contribution in [1.29, 1.82) is 0 Å². The molecule has 8 heteroatoms. The lowest BCUT2D eigenvalue weighted by atomic mass is 9.82. The van der Waals surface area contributed by atoms with Crippen LogP contribution in [-0.2, 0) is 4.79 Å². The van der Waals surface area contributed by atoms with Gasteiger partial charge in [-0.1, -0.05) is 61.7 Å². The first kappa shape index (κ1) is 26.3. The summed E-state index contributed by atoms with van der Waals surface area (Å²) in [7, 11) is 0. The predicted molar refractivity (Wildman–Crippen MR) is 146 cm³/mol. The summed E-state index contributed by atoms with van der Waals surface area (Å²) in [5.74, 6) is 0.859. The topological polar surface area (TPSA) is 56.2 Å². The van der Waals surface area contributed by atoms with Crippen LogP contribution in [0.3, 0.4) is 0 Å². The Bertz CT molecular complexity index is 1230. The van der Waals surface area contributed by atoms with Gasteiger partial charge in [0, 0.05) is 17.1 Å². The van der Waals surface area contributed by atoms with Crippen LogP contribution < -0.4 is 10.1 Å². The van der Waals surface area contributed by atoms with Crippen LogP contribution in [0.15, 0.2) is 36.4 Å². The highest BCUT2D eigenvalue weighted by atomic mass is 35.5. The molecule has 2 aliphatic rings. The minimum atomic E-state index is -0.530. The highest BCUT2D eigenvalue weighted by Gasteiger charge is 2.36. The molecule has 2 atom stereocenters. The zero-order valence-corrected chi connectivity index (χ0v) is 22.7. The molecule has 5 rings (SSSR count). The van der Waals surface area contributed by atoms with E-state index in [0.29, 0.717) is 27.6 Å². The lowest BCUT2D eigenvalue weighted by Crippen LogP contribution is -2.44. The van der Waals surface area contributed by atoms with E-state index in [-0.39, 0.29) is 22.9 Å². The average Bonchev–Trinajstić information content (AvgIpc) is 3.25. The number of nitrogens with zero attached hydrogens (tertiary/aromatic N) is 2. The van der Waals surface area contributed by atoms with E-state index in [0.717, 1.165) is 51.4 Å². The number of imidazole rings is 1. The zero-order valence-electron chi connectivity index (χ0n) is 21.2. The van der Waals surface area contributed by atoms with Gasteiger partial charge < -0.3 is 14.6 Å². The van der Waals surface area contributed by atoms with Crippen molar-refractivity contribution in [3.63, 3.8) is 0 Å². The lowest BCUT2D eigenvalue weighted by molar-refractivity contribution is -0.127. The maximum absolute atomic E-state index is 14.5. The number of carbonyl (C=O) groups is 1. The summed E-state index contributed by atoms with van der Waals surface area (Å²) < 4.78 is 22.7. The van der Waals surface area contributed by atoms with E-state index in [2.05, 4.69) is 5.32 Å². The largest absolute Gasteiger partial charge is 0.483 e. The predicted octanol–water partition coefficient (Wildman–Crippen LogP) is 8.19. The second-order valence-corrected chi connectivity index (χ2v) is 11.3. The van der Waals surface area contributed by atoms with Crippen molar-refractivity contribution in [1.82, 2.24) is 14.9 Å². The molecule has 0 radical (unpaired) electrons. The number of rotatable bonds is 7. The third-order valence-electron chi connectivity index (χ3n) is 7.84. The van der Waals surface area contributed by atoms with E-state index in [1.54, 1.807) is 30.3 Å². The van der Waals surface area contributed by atoms with Crippen LogP contribution in [0.5, 0.6) is 5.75 Å². The Labute approximate surface area is 227 Å². The SMILES string of the molecule is CC(Oc1ccc(Cl)cc1)c1nc2cc(F)c(Cl)cc2n1C(C(=O)NC1CCCCC1)C1CCCCC1. The third-order valence-corrected chi connectivity index (χ3v) is 8.39. The first-order valence-corrected chi connectivity index (χ1v) is 14.3. The number of hydrogen-bond donors (Lipinski definition) is 1. The molecule has 0 aliphatic heterocycles. The van der Waals surface area contributed by atoms with E-state index < -0.39 is 18.0 Å². The molecule has 2 unspecified atom stereocenters. The van der Waals surface area contributed by atoms with Crippen LogP contribution >= 0.6 is 23.2 Å². The Morgan fingerprint density at radius 2 is 1.68 bits per heavy atom. The van der Waals surface area contributed by atoms with E-state index in [9.17, 15) is 9.18 Å². The molecule has 2 aliphatic carbocycles. The standard InChI is InChI=1S/C29H34Cl2FN3O2/c1-18(37-22-14-12-20(30)13-15-22)28-34-25-17-24(32)23(31)16-26(25)35(28)27(19-8-4-2-5-9-19)29(36)33-21-10-6-3-7-11-21/h12-19,21,27H,2-11H2,1H3,(H,33,36). The molecule has 0 bridgehead atoms. The molecule has 1 N–H and O–H groups in total. The number of nitrogens with one attached hydrogen (secondary N) is 1. The maximum Gasteiger partial charge on any atom is 0.243 e. The Hall–Kier alpha value is -2.31. The highest BCUT2D eigenvalue weighted by Crippen LogP contribution is 2.39. The van der Waals surface area contributed by atoms with Crippen LogP contribution in [0, 0.1) is 11.7 Å². The van der Waals surface area contributed by atoms with E-state index >= 15 is 0 Å². The van der Waals surface area contributed by atoms with Gasteiger partial charge in [-0.25, -0.2) is 9.37 Å². The molecule has 1 aromatic heterocycles. The molecule has 2 fully saturated rings. The van der Waals surface area contributed by atoms with Crippen molar-refractivity contribution >= 4 is 40.1 Å². The lowest BCUT2D eigenvalue weighted by Gasteiger charge is -2.34. The number of fused-ring (bicyclic) bond motifs is 1. The van der Waals surface area contributed by atoms with Gasteiger partial charge in [0.25, 0.3) is 0 Å². The van der Waals surface area contributed by atoms with E-state index in [1.165, 1.54) is 18.9 Å². The number of aromatic nitrogens is 2. The third kappa shape index (κ3) is 5.91. The Balaban J connectivity index is 1.58. The molecule has 0 spiro atoms. The van der Waals surface area contributed by atoms with Gasteiger partial charge in [-0.2, -0.15) is 0 Å². The van der Waals surface area contributed by atoms with Gasteiger partial charge in [0.1, 0.15) is 17.6 Å². The molecule has 1 heterocycles. The van der Waals surface area contributed by atoms with Gasteiger partial charge in [0.15, 0.2) is 11.9 Å². The van der Waals surface area contributed by atoms with Crippen molar-refractivity contribution in [3.8, 4) is 5.75 Å². The summed E-state index contributed by atoms with van der Waals surface area (Å²) in [5.41, 5.74) is 1.12. The zero-order chi connectivity index (χ0) is 25.9. The van der Waals surface area contributed by atoms with E-state index in [1.807, 2.05) is 11.5 Å². The molecule has 1 amide bonds. The van der Waals surface area contributed by atoms with Crippen molar-refractivity contribution in [2.45, 2.75) is 89.3 Å². The summed E-state index contributed by atoms with van der Waals surface area (Å²) in [5, 5.41) is 4.00. The Morgan fingerprint density at radius 1 is 1.03 bits per heavy atom. The molecule has 0 saturated heterocycles. The fourth-order valence-corrected chi connectivity index (χ4v) is 6.27. The van der Waals surface area contributed by atoms with Gasteiger partial charge >= 0.3 is 0 Å². The van der Waals surface area contributed by atoms with Gasteiger partial charge in [-0.05, 0) is 68.9 Å². The number of amides is 1. The fraction of sp³-hybridized carbons (Fsp3) is 0.517. The molecule has 2 saturated carbocycles. The fourth-order valence-electron chi connectivity index (χ4n) is 5.98. The Kier molecular flexibility index (Phi) is 8.25. The molecule has 37 heavy (non-hydrogen) atoms. The summed E-state index contributed by atoms with van der Waals surface area (Å²) >= 11 is 12.3. The van der Waals surface area contributed by atoms with Crippen molar-refractivity contribution in [3.05, 3.63) is 58.1 Å². The smallest absolute Gasteiger partial charge is 0.243 e. The minimum Gasteiger partial charge on any atom is -0.483 e. The van der Waals surface area contributed by atoms with Crippen molar-refractivity contribution in [2.75, 3.05) is 0 Å². The first-order valence-electron chi connectivity index (χ1n) is 13.5. The molecule has 2 aromatic carbocycles. The number of carbonyl (C=O) groups excluding carboxylic acids is 1. The van der Waals surface area contributed by atoms with Gasteiger partial charge in [0.05, 0.1) is 16.1 Å². The average molecular weight is 547 g/mol. The normalized spacial score (nSPS) is 19.0. The first-order chi connectivity index (χ1) is 17.9. The molecule has 3 aromatic rings. The number of ether oxygens (including phenoxy) is 1. The summed E-state index contributed by atoms with van der Waals surface area (Å²) in [6, 6.07) is 9.81. The van der Waals surface area contributed by atoms with Crippen LogP contribution in [0.2, 0.25) is 10.0 Å². The highest BCUT2D eigenvalue weighted by molar-refractivity contribution is 6.31. The van der Waals surface area contributed by atoms with Crippen LogP contribution in [0.4, 0.5) is 4.39 Å². The quantitative estimate of drug-likeness (QED) is 0.325. The van der Waals surface area contributed by atoms with Crippen molar-refractivity contribution < 1.29 is 13.9 Å². The van der Waals surface area contributed by atoms with Gasteiger partial charge in [0.2, 0.25) is 5.91 Å². The second kappa shape index (κ2) is 11.6. The van der Waals surface area contributed by atoms with Crippen molar-refractivity contribution in [2.24, 2.45) is 5.92 Å². The van der Waals surface area contributed by atoms with E-state index in [4.69, 9.17) is 32.9 Å². The number of benzene rings is 2. The molecule has 198 valence electrons.